The fourth-order valence-corrected chi connectivity index (χ4v) is 3.06. The van der Waals surface area contributed by atoms with E-state index < -0.39 is 0 Å². The van der Waals surface area contributed by atoms with Gasteiger partial charge in [-0.3, -0.25) is 0 Å². The SMILES string of the molecule is SCCCCCCSc1cc(Cl)ccc1Cl. The Morgan fingerprint density at radius 3 is 2.56 bits per heavy atom. The molecular formula is C12H16Cl2S2. The lowest BCUT2D eigenvalue weighted by molar-refractivity contribution is 0.712. The molecule has 90 valence electrons. The zero-order chi connectivity index (χ0) is 11.8. The van der Waals surface area contributed by atoms with E-state index in [0.29, 0.717) is 0 Å². The van der Waals surface area contributed by atoms with Crippen molar-refractivity contribution in [2.45, 2.75) is 30.6 Å². The van der Waals surface area contributed by atoms with Crippen LogP contribution in [0.5, 0.6) is 0 Å². The number of thiol groups is 1. The Hall–Kier alpha value is 0.500. The van der Waals surface area contributed by atoms with E-state index in [0.717, 1.165) is 26.4 Å². The molecule has 0 unspecified atom stereocenters. The van der Waals surface area contributed by atoms with E-state index in [2.05, 4.69) is 12.6 Å². The first-order valence-corrected chi connectivity index (χ1v) is 7.80. The zero-order valence-electron chi connectivity index (χ0n) is 9.09. The molecule has 0 aliphatic heterocycles. The van der Waals surface area contributed by atoms with Crippen molar-refractivity contribution in [3.05, 3.63) is 28.2 Å². The van der Waals surface area contributed by atoms with E-state index in [1.807, 2.05) is 18.2 Å². The number of benzene rings is 1. The molecule has 0 fully saturated rings. The average Bonchev–Trinajstić information content (AvgIpc) is 2.28. The topological polar surface area (TPSA) is 0 Å². The van der Waals surface area contributed by atoms with Crippen LogP contribution in [0.4, 0.5) is 0 Å². The van der Waals surface area contributed by atoms with Gasteiger partial charge < -0.3 is 0 Å². The van der Waals surface area contributed by atoms with Crippen molar-refractivity contribution in [2.24, 2.45) is 0 Å². The highest BCUT2D eigenvalue weighted by molar-refractivity contribution is 7.99. The van der Waals surface area contributed by atoms with Gasteiger partial charge in [-0.25, -0.2) is 0 Å². The molecule has 0 atom stereocenters. The molecule has 0 saturated heterocycles. The standard InChI is InChI=1S/C12H16Cl2S2/c13-10-5-6-11(14)12(9-10)16-8-4-2-1-3-7-15/h5-6,9,15H,1-4,7-8H2. The highest BCUT2D eigenvalue weighted by Crippen LogP contribution is 2.30. The van der Waals surface area contributed by atoms with Crippen LogP contribution in [0.2, 0.25) is 10.0 Å². The van der Waals surface area contributed by atoms with E-state index >= 15 is 0 Å². The Morgan fingerprint density at radius 2 is 1.81 bits per heavy atom. The van der Waals surface area contributed by atoms with Gasteiger partial charge in [-0.15, -0.1) is 11.8 Å². The first-order valence-electron chi connectivity index (χ1n) is 5.43. The molecule has 0 bridgehead atoms. The lowest BCUT2D eigenvalue weighted by Crippen LogP contribution is -1.83. The molecule has 0 aliphatic rings. The molecule has 0 aliphatic carbocycles. The molecule has 1 aromatic rings. The van der Waals surface area contributed by atoms with Gasteiger partial charge in [0.15, 0.2) is 0 Å². The van der Waals surface area contributed by atoms with Crippen LogP contribution in [0, 0.1) is 0 Å². The maximum Gasteiger partial charge on any atom is 0.0542 e. The largest absolute Gasteiger partial charge is 0.179 e. The summed E-state index contributed by atoms with van der Waals surface area (Å²) < 4.78 is 0. The molecule has 0 radical (unpaired) electrons. The summed E-state index contributed by atoms with van der Waals surface area (Å²) in [5.41, 5.74) is 0. The summed E-state index contributed by atoms with van der Waals surface area (Å²) in [6, 6.07) is 5.61. The van der Waals surface area contributed by atoms with Crippen LogP contribution in [0.3, 0.4) is 0 Å². The van der Waals surface area contributed by atoms with E-state index in [1.54, 1.807) is 11.8 Å². The van der Waals surface area contributed by atoms with Gasteiger partial charge in [0.1, 0.15) is 0 Å². The minimum atomic E-state index is 0.752. The van der Waals surface area contributed by atoms with E-state index in [1.165, 1.54) is 25.7 Å². The average molecular weight is 295 g/mol. The lowest BCUT2D eigenvalue weighted by Gasteiger charge is -2.04. The molecule has 1 aromatic carbocycles. The molecule has 0 aromatic heterocycles. The first-order chi connectivity index (χ1) is 7.74. The van der Waals surface area contributed by atoms with Gasteiger partial charge in [-0.2, -0.15) is 12.6 Å². The van der Waals surface area contributed by atoms with Crippen molar-refractivity contribution in [3.8, 4) is 0 Å². The van der Waals surface area contributed by atoms with Crippen molar-refractivity contribution < 1.29 is 0 Å². The van der Waals surface area contributed by atoms with E-state index in [4.69, 9.17) is 23.2 Å². The summed E-state index contributed by atoms with van der Waals surface area (Å²) in [5, 5.41) is 1.55. The maximum atomic E-state index is 6.07. The molecule has 0 amide bonds. The number of halogens is 2. The normalized spacial score (nSPS) is 10.7. The predicted octanol–water partition coefficient (Wildman–Crippen LogP) is 5.58. The molecule has 4 heteroatoms. The number of rotatable bonds is 7. The Balaban J connectivity index is 2.23. The summed E-state index contributed by atoms with van der Waals surface area (Å²) >= 11 is 18.0. The quantitative estimate of drug-likeness (QED) is 0.389. The summed E-state index contributed by atoms with van der Waals surface area (Å²) in [7, 11) is 0. The molecular weight excluding hydrogens is 279 g/mol. The van der Waals surface area contributed by atoms with Crippen LogP contribution in [-0.2, 0) is 0 Å². The fraction of sp³-hybridized carbons (Fsp3) is 0.500. The number of thioether (sulfide) groups is 1. The van der Waals surface area contributed by atoms with Gasteiger partial charge in [0.25, 0.3) is 0 Å². The van der Waals surface area contributed by atoms with Crippen molar-refractivity contribution in [1.82, 2.24) is 0 Å². The number of hydrogen-bond acceptors (Lipinski definition) is 2. The van der Waals surface area contributed by atoms with Gasteiger partial charge in [-0.1, -0.05) is 36.0 Å². The second-order valence-corrected chi connectivity index (χ2v) is 5.99. The number of hydrogen-bond donors (Lipinski definition) is 1. The molecule has 0 heterocycles. The summed E-state index contributed by atoms with van der Waals surface area (Å²) in [6.07, 6.45) is 4.98. The Morgan fingerprint density at radius 1 is 1.06 bits per heavy atom. The van der Waals surface area contributed by atoms with E-state index in [9.17, 15) is 0 Å². The third-order valence-electron chi connectivity index (χ3n) is 2.20. The summed E-state index contributed by atoms with van der Waals surface area (Å²) in [5.74, 6) is 2.10. The minimum absolute atomic E-state index is 0.752. The fourth-order valence-electron chi connectivity index (χ4n) is 1.34. The molecule has 0 nitrogen and oxygen atoms in total. The zero-order valence-corrected chi connectivity index (χ0v) is 12.3. The monoisotopic (exact) mass is 294 g/mol. The molecule has 1 rings (SSSR count). The molecule has 0 saturated carbocycles. The van der Waals surface area contributed by atoms with Gasteiger partial charge in [0.05, 0.1) is 5.02 Å². The first kappa shape index (κ1) is 14.6. The summed E-state index contributed by atoms with van der Waals surface area (Å²) in [4.78, 5) is 1.09. The van der Waals surface area contributed by atoms with Gasteiger partial charge >= 0.3 is 0 Å². The van der Waals surface area contributed by atoms with Crippen LogP contribution < -0.4 is 0 Å². The molecule has 0 N–H and O–H groups in total. The minimum Gasteiger partial charge on any atom is -0.179 e. The maximum absolute atomic E-state index is 6.07. The number of unbranched alkanes of at least 4 members (excludes halogenated alkanes) is 3. The highest BCUT2D eigenvalue weighted by Gasteiger charge is 2.01. The van der Waals surface area contributed by atoms with Crippen molar-refractivity contribution in [3.63, 3.8) is 0 Å². The van der Waals surface area contributed by atoms with Crippen LogP contribution in [-0.4, -0.2) is 11.5 Å². The Bertz CT molecular complexity index is 316. The summed E-state index contributed by atoms with van der Waals surface area (Å²) in [6.45, 7) is 0. The third kappa shape index (κ3) is 5.72. The van der Waals surface area contributed by atoms with Crippen LogP contribution >= 0.6 is 47.6 Å². The molecule has 16 heavy (non-hydrogen) atoms. The van der Waals surface area contributed by atoms with Crippen LogP contribution in [0.25, 0.3) is 0 Å². The van der Waals surface area contributed by atoms with Gasteiger partial charge in [0, 0.05) is 9.92 Å². The second kappa shape index (κ2) is 8.57. The van der Waals surface area contributed by atoms with Gasteiger partial charge in [0.2, 0.25) is 0 Å². The Kier molecular flexibility index (Phi) is 7.80. The highest BCUT2D eigenvalue weighted by atomic mass is 35.5. The van der Waals surface area contributed by atoms with Crippen molar-refractivity contribution in [1.29, 1.82) is 0 Å². The van der Waals surface area contributed by atoms with Crippen molar-refractivity contribution in [2.75, 3.05) is 11.5 Å². The van der Waals surface area contributed by atoms with Gasteiger partial charge in [-0.05, 0) is 42.5 Å². The van der Waals surface area contributed by atoms with E-state index in [-0.39, 0.29) is 0 Å². The van der Waals surface area contributed by atoms with Crippen LogP contribution in [0.1, 0.15) is 25.7 Å². The lowest BCUT2D eigenvalue weighted by atomic mass is 10.2. The van der Waals surface area contributed by atoms with Crippen LogP contribution in [0.15, 0.2) is 23.1 Å². The predicted molar refractivity (Wildman–Crippen MR) is 79.5 cm³/mol. The third-order valence-corrected chi connectivity index (χ3v) is 4.34. The Labute approximate surface area is 118 Å². The van der Waals surface area contributed by atoms with Crippen molar-refractivity contribution >= 4 is 47.6 Å². The second-order valence-electron chi connectivity index (χ2n) is 3.56. The smallest absolute Gasteiger partial charge is 0.0542 e. The molecule has 0 spiro atoms.